The zero-order chi connectivity index (χ0) is 15.2. The Hall–Kier alpha value is -2.34. The molecule has 2 aromatic rings. The predicted molar refractivity (Wildman–Crippen MR) is 75.6 cm³/mol. The summed E-state index contributed by atoms with van der Waals surface area (Å²) in [4.78, 5) is 22.7. The monoisotopic (exact) mass is 292 g/mol. The van der Waals surface area contributed by atoms with Gasteiger partial charge in [-0.05, 0) is 24.6 Å². The molecule has 112 valence electrons. The molecule has 0 radical (unpaired) electrons. The van der Waals surface area contributed by atoms with E-state index in [0.717, 1.165) is 10.9 Å². The van der Waals surface area contributed by atoms with Crippen molar-refractivity contribution in [2.45, 2.75) is 6.92 Å². The number of fused-ring (bicyclic) bond motifs is 1. The molecule has 0 aliphatic heterocycles. The third-order valence-corrected chi connectivity index (χ3v) is 2.83. The maximum atomic E-state index is 11.4. The van der Waals surface area contributed by atoms with Gasteiger partial charge in [-0.3, -0.25) is 0 Å². The molecule has 1 heterocycles. The molecule has 0 atom stereocenters. The van der Waals surface area contributed by atoms with Crippen LogP contribution in [0.3, 0.4) is 0 Å². The molecule has 0 saturated carbocycles. The van der Waals surface area contributed by atoms with Crippen molar-refractivity contribution in [1.82, 2.24) is 0 Å². The van der Waals surface area contributed by atoms with Crippen LogP contribution in [0, 0.1) is 6.92 Å². The fourth-order valence-electron chi connectivity index (χ4n) is 1.82. The van der Waals surface area contributed by atoms with Crippen molar-refractivity contribution >= 4 is 16.9 Å². The Kier molecular flexibility index (Phi) is 4.94. The summed E-state index contributed by atoms with van der Waals surface area (Å²) < 4.78 is 20.0. The van der Waals surface area contributed by atoms with Gasteiger partial charge in [-0.25, -0.2) is 9.59 Å². The molecule has 0 N–H and O–H groups in total. The summed E-state index contributed by atoms with van der Waals surface area (Å²) in [5, 5.41) is 0.824. The maximum Gasteiger partial charge on any atom is 0.344 e. The van der Waals surface area contributed by atoms with E-state index in [2.05, 4.69) is 0 Å². The van der Waals surface area contributed by atoms with Gasteiger partial charge in [0.1, 0.15) is 17.9 Å². The molecule has 0 unspecified atom stereocenters. The number of ether oxygens (including phenoxy) is 3. The fourth-order valence-corrected chi connectivity index (χ4v) is 1.82. The van der Waals surface area contributed by atoms with Gasteiger partial charge in [0.2, 0.25) is 0 Å². The molecule has 6 heteroatoms. The minimum absolute atomic E-state index is 0.185. The molecule has 0 spiro atoms. The highest BCUT2D eigenvalue weighted by Crippen LogP contribution is 2.22. The molecule has 0 aliphatic carbocycles. The topological polar surface area (TPSA) is 75.0 Å². The Labute approximate surface area is 121 Å². The molecule has 0 aliphatic rings. The lowest BCUT2D eigenvalue weighted by Gasteiger charge is -2.07. The number of hydrogen-bond donors (Lipinski definition) is 0. The van der Waals surface area contributed by atoms with Crippen molar-refractivity contribution in [2.75, 3.05) is 26.9 Å². The Morgan fingerprint density at radius 3 is 2.81 bits per heavy atom. The largest absolute Gasteiger partial charge is 0.482 e. The van der Waals surface area contributed by atoms with E-state index in [4.69, 9.17) is 18.6 Å². The van der Waals surface area contributed by atoms with Crippen LogP contribution in [-0.2, 0) is 14.3 Å². The van der Waals surface area contributed by atoms with Crippen molar-refractivity contribution < 1.29 is 23.4 Å². The lowest BCUT2D eigenvalue weighted by atomic mass is 10.1. The number of aryl methyl sites for hydroxylation is 1. The summed E-state index contributed by atoms with van der Waals surface area (Å²) in [6, 6.07) is 6.49. The SMILES string of the molecule is COCCOC(=O)COc1ccc2c(C)cc(=O)oc2c1. The second kappa shape index (κ2) is 6.90. The van der Waals surface area contributed by atoms with Gasteiger partial charge in [-0.1, -0.05) is 0 Å². The molecule has 2 rings (SSSR count). The number of hydrogen-bond acceptors (Lipinski definition) is 6. The van der Waals surface area contributed by atoms with Gasteiger partial charge in [0.25, 0.3) is 0 Å². The van der Waals surface area contributed by atoms with Crippen LogP contribution >= 0.6 is 0 Å². The summed E-state index contributed by atoms with van der Waals surface area (Å²) in [5.41, 5.74) is 0.827. The molecule has 21 heavy (non-hydrogen) atoms. The Morgan fingerprint density at radius 1 is 1.24 bits per heavy atom. The van der Waals surface area contributed by atoms with Crippen LogP contribution in [0.15, 0.2) is 33.5 Å². The standard InChI is InChI=1S/C15H16O6/c1-10-7-14(16)21-13-8-11(3-4-12(10)13)20-9-15(17)19-6-5-18-2/h3-4,7-8H,5-6,9H2,1-2H3. The lowest BCUT2D eigenvalue weighted by molar-refractivity contribution is -0.147. The highest BCUT2D eigenvalue weighted by molar-refractivity contribution is 5.81. The van der Waals surface area contributed by atoms with E-state index in [1.165, 1.54) is 13.2 Å². The van der Waals surface area contributed by atoms with Crippen LogP contribution in [0.1, 0.15) is 5.56 Å². The molecule has 0 saturated heterocycles. The predicted octanol–water partition coefficient (Wildman–Crippen LogP) is 1.67. The summed E-state index contributed by atoms with van der Waals surface area (Å²) in [7, 11) is 1.52. The minimum atomic E-state index is -0.488. The zero-order valence-corrected chi connectivity index (χ0v) is 11.9. The van der Waals surface area contributed by atoms with E-state index in [1.807, 2.05) is 6.92 Å². The summed E-state index contributed by atoms with van der Waals surface area (Å²) in [5.74, 6) is -0.0576. The smallest absolute Gasteiger partial charge is 0.344 e. The molecular weight excluding hydrogens is 276 g/mol. The van der Waals surface area contributed by atoms with Crippen molar-refractivity contribution in [3.05, 3.63) is 40.2 Å². The van der Waals surface area contributed by atoms with Gasteiger partial charge in [-0.2, -0.15) is 0 Å². The second-order valence-electron chi connectivity index (χ2n) is 4.41. The molecular formula is C15H16O6. The van der Waals surface area contributed by atoms with E-state index in [0.29, 0.717) is 17.9 Å². The quantitative estimate of drug-likeness (QED) is 0.458. The molecule has 1 aromatic heterocycles. The first-order valence-electron chi connectivity index (χ1n) is 6.42. The third kappa shape index (κ3) is 4.06. The molecule has 0 amide bonds. The number of carbonyl (C=O) groups is 1. The van der Waals surface area contributed by atoms with E-state index in [9.17, 15) is 9.59 Å². The summed E-state index contributed by atoms with van der Waals surface area (Å²) >= 11 is 0. The van der Waals surface area contributed by atoms with E-state index >= 15 is 0 Å². The summed E-state index contributed by atoms with van der Waals surface area (Å²) in [6.07, 6.45) is 0. The molecule has 1 aromatic carbocycles. The fraction of sp³-hybridized carbons (Fsp3) is 0.333. The van der Waals surface area contributed by atoms with Crippen molar-refractivity contribution in [3.8, 4) is 5.75 Å². The number of rotatable bonds is 6. The van der Waals surface area contributed by atoms with E-state index in [1.54, 1.807) is 18.2 Å². The normalized spacial score (nSPS) is 10.6. The van der Waals surface area contributed by atoms with Crippen molar-refractivity contribution in [1.29, 1.82) is 0 Å². The van der Waals surface area contributed by atoms with Crippen molar-refractivity contribution in [2.24, 2.45) is 0 Å². The average Bonchev–Trinajstić information content (AvgIpc) is 2.45. The van der Waals surface area contributed by atoms with Crippen LogP contribution < -0.4 is 10.4 Å². The van der Waals surface area contributed by atoms with Crippen LogP contribution in [-0.4, -0.2) is 32.9 Å². The maximum absolute atomic E-state index is 11.4. The zero-order valence-electron chi connectivity index (χ0n) is 11.9. The van der Waals surface area contributed by atoms with Gasteiger partial charge in [0, 0.05) is 24.6 Å². The van der Waals surface area contributed by atoms with Crippen LogP contribution in [0.25, 0.3) is 11.0 Å². The van der Waals surface area contributed by atoms with Crippen LogP contribution in [0.2, 0.25) is 0 Å². The Balaban J connectivity index is 2.03. The highest BCUT2D eigenvalue weighted by Gasteiger charge is 2.07. The van der Waals surface area contributed by atoms with Gasteiger partial charge in [-0.15, -0.1) is 0 Å². The first-order valence-corrected chi connectivity index (χ1v) is 6.42. The number of methoxy groups -OCH3 is 1. The minimum Gasteiger partial charge on any atom is -0.482 e. The molecule has 6 nitrogen and oxygen atoms in total. The average molecular weight is 292 g/mol. The van der Waals surface area contributed by atoms with E-state index < -0.39 is 11.6 Å². The van der Waals surface area contributed by atoms with Gasteiger partial charge in [0.15, 0.2) is 6.61 Å². The highest BCUT2D eigenvalue weighted by atomic mass is 16.6. The van der Waals surface area contributed by atoms with Crippen LogP contribution in [0.5, 0.6) is 5.75 Å². The number of carbonyl (C=O) groups excluding carboxylic acids is 1. The number of esters is 1. The van der Waals surface area contributed by atoms with E-state index in [-0.39, 0.29) is 13.2 Å². The third-order valence-electron chi connectivity index (χ3n) is 2.83. The van der Waals surface area contributed by atoms with Gasteiger partial charge >= 0.3 is 11.6 Å². The number of benzene rings is 1. The lowest BCUT2D eigenvalue weighted by Crippen LogP contribution is -2.17. The van der Waals surface area contributed by atoms with Crippen molar-refractivity contribution in [3.63, 3.8) is 0 Å². The summed E-state index contributed by atoms with van der Waals surface area (Å²) in [6.45, 7) is 2.13. The van der Waals surface area contributed by atoms with Gasteiger partial charge in [0.05, 0.1) is 6.61 Å². The Morgan fingerprint density at radius 2 is 2.05 bits per heavy atom. The molecule has 0 fully saturated rings. The van der Waals surface area contributed by atoms with Gasteiger partial charge < -0.3 is 18.6 Å². The molecule has 0 bridgehead atoms. The Bertz CT molecular complexity index is 688. The van der Waals surface area contributed by atoms with Crippen LogP contribution in [0.4, 0.5) is 0 Å². The first kappa shape index (κ1) is 15.1. The second-order valence-corrected chi connectivity index (χ2v) is 4.41. The first-order chi connectivity index (χ1) is 10.1.